The maximum Gasteiger partial charge on any atom is 0.324 e. The summed E-state index contributed by atoms with van der Waals surface area (Å²) < 4.78 is 6.13. The first kappa shape index (κ1) is 24.1. The van der Waals surface area contributed by atoms with E-state index >= 15 is 0 Å². The van der Waals surface area contributed by atoms with Crippen LogP contribution in [0.1, 0.15) is 36.0 Å². The van der Waals surface area contributed by atoms with Gasteiger partial charge in [-0.3, -0.25) is 4.79 Å². The van der Waals surface area contributed by atoms with Crippen LogP contribution in [-0.4, -0.2) is 39.3 Å². The number of hydrazine groups is 1. The van der Waals surface area contributed by atoms with E-state index in [1.165, 1.54) is 0 Å². The van der Waals surface area contributed by atoms with Crippen LogP contribution in [0.4, 0.5) is 0 Å². The molecule has 3 unspecified atom stereocenters. The van der Waals surface area contributed by atoms with Crippen LogP contribution in [0, 0.1) is 0 Å². The van der Waals surface area contributed by atoms with Gasteiger partial charge in [0.15, 0.2) is 0 Å². The van der Waals surface area contributed by atoms with E-state index in [0.717, 1.165) is 33.3 Å². The topological polar surface area (TPSA) is 103 Å². The second kappa shape index (κ2) is 10.5. The van der Waals surface area contributed by atoms with E-state index < -0.39 is 18.2 Å². The number of carboxylic acid groups (broad SMARTS) is 1. The molecule has 0 aliphatic carbocycles. The Labute approximate surface area is 210 Å². The zero-order valence-corrected chi connectivity index (χ0v) is 20.3. The zero-order chi connectivity index (χ0) is 25.1. The molecule has 3 aromatic carbocycles. The molecule has 0 bridgehead atoms. The molecule has 7 nitrogen and oxygen atoms in total. The molecule has 1 aliphatic heterocycles. The minimum Gasteiger partial charge on any atom is -0.489 e. The van der Waals surface area contributed by atoms with Gasteiger partial charge in [-0.2, -0.15) is 0 Å². The van der Waals surface area contributed by atoms with Crippen molar-refractivity contribution in [2.45, 2.75) is 50.5 Å². The smallest absolute Gasteiger partial charge is 0.324 e. The van der Waals surface area contributed by atoms with E-state index in [0.29, 0.717) is 19.4 Å². The standard InChI is InChI=1S/C29H32N4O3/c1-19(22-11-6-8-14-26(22)36-18-20-9-3-2-4-10-20)15-27(30)32-33-25(28(33)29(34)35)16-21-17-31-24-13-7-5-12-23(21)24/h2-14,17,19,25,27-28,31-32H,15-16,18,30H2,1H3,(H,34,35)/t19?,25-,27?,28-,33?/m1/s1. The number of nitrogens with one attached hydrogen (secondary N) is 2. The Bertz CT molecular complexity index is 1320. The van der Waals surface area contributed by atoms with Gasteiger partial charge in [0.05, 0.1) is 12.2 Å². The summed E-state index contributed by atoms with van der Waals surface area (Å²) in [4.78, 5) is 15.2. The third kappa shape index (κ3) is 5.28. The summed E-state index contributed by atoms with van der Waals surface area (Å²) in [5.41, 5.74) is 14.1. The zero-order valence-electron chi connectivity index (χ0n) is 20.3. The maximum atomic E-state index is 11.9. The number of carboxylic acids is 1. The number of fused-ring (bicyclic) bond motifs is 1. The fourth-order valence-electron chi connectivity index (χ4n) is 4.98. The fourth-order valence-corrected chi connectivity index (χ4v) is 4.98. The number of aliphatic carboxylic acids is 1. The number of para-hydroxylation sites is 2. The van der Waals surface area contributed by atoms with Crippen LogP contribution in [0.15, 0.2) is 85.1 Å². The molecule has 0 spiro atoms. The van der Waals surface area contributed by atoms with Crippen LogP contribution in [0.5, 0.6) is 5.75 Å². The van der Waals surface area contributed by atoms with Crippen LogP contribution in [0.2, 0.25) is 0 Å². The lowest BCUT2D eigenvalue weighted by Gasteiger charge is -2.22. The Hall–Kier alpha value is -3.65. The molecule has 0 saturated carbocycles. The number of nitrogens with zero attached hydrogens (tertiary/aromatic N) is 1. The van der Waals surface area contributed by atoms with Gasteiger partial charge in [0.2, 0.25) is 0 Å². The molecule has 5 rings (SSSR count). The highest BCUT2D eigenvalue weighted by Gasteiger charge is 2.53. The van der Waals surface area contributed by atoms with E-state index in [9.17, 15) is 9.90 Å². The molecular formula is C29H32N4O3. The molecule has 2 heterocycles. The van der Waals surface area contributed by atoms with E-state index in [1.807, 2.05) is 72.9 Å². The number of benzene rings is 3. The Morgan fingerprint density at radius 2 is 1.81 bits per heavy atom. The summed E-state index contributed by atoms with van der Waals surface area (Å²) in [6.45, 7) is 2.62. The normalized spacial score (nSPS) is 20.7. The first-order chi connectivity index (χ1) is 17.5. The number of aromatic amines is 1. The number of aromatic nitrogens is 1. The first-order valence-electron chi connectivity index (χ1n) is 12.3. The lowest BCUT2D eigenvalue weighted by Crippen LogP contribution is -2.43. The molecule has 0 radical (unpaired) electrons. The number of hydrogen-bond acceptors (Lipinski definition) is 5. The van der Waals surface area contributed by atoms with Gasteiger partial charge >= 0.3 is 5.97 Å². The monoisotopic (exact) mass is 484 g/mol. The summed E-state index contributed by atoms with van der Waals surface area (Å²) in [5, 5.41) is 12.7. The molecule has 1 saturated heterocycles. The maximum absolute atomic E-state index is 11.9. The average molecular weight is 485 g/mol. The molecule has 1 fully saturated rings. The molecule has 0 amide bonds. The van der Waals surface area contributed by atoms with Crippen LogP contribution in [0.25, 0.3) is 10.9 Å². The van der Waals surface area contributed by atoms with E-state index in [-0.39, 0.29) is 12.0 Å². The first-order valence-corrected chi connectivity index (χ1v) is 12.3. The van der Waals surface area contributed by atoms with Crippen molar-refractivity contribution in [3.05, 3.63) is 102 Å². The van der Waals surface area contributed by atoms with Crippen molar-refractivity contribution >= 4 is 16.9 Å². The van der Waals surface area contributed by atoms with Crippen molar-refractivity contribution in [3.63, 3.8) is 0 Å². The van der Waals surface area contributed by atoms with Crippen LogP contribution in [0.3, 0.4) is 0 Å². The molecular weight excluding hydrogens is 452 g/mol. The quantitative estimate of drug-likeness (QED) is 0.186. The Morgan fingerprint density at radius 1 is 1.08 bits per heavy atom. The van der Waals surface area contributed by atoms with E-state index in [1.54, 1.807) is 5.01 Å². The van der Waals surface area contributed by atoms with Crippen molar-refractivity contribution in [1.82, 2.24) is 15.4 Å². The van der Waals surface area contributed by atoms with Crippen molar-refractivity contribution in [2.24, 2.45) is 5.73 Å². The van der Waals surface area contributed by atoms with Crippen molar-refractivity contribution in [2.75, 3.05) is 0 Å². The van der Waals surface area contributed by atoms with Gasteiger partial charge in [-0.15, -0.1) is 0 Å². The van der Waals surface area contributed by atoms with Gasteiger partial charge in [-0.25, -0.2) is 10.4 Å². The van der Waals surface area contributed by atoms with Crippen LogP contribution in [-0.2, 0) is 17.8 Å². The Kier molecular flexibility index (Phi) is 7.04. The van der Waals surface area contributed by atoms with Crippen molar-refractivity contribution < 1.29 is 14.6 Å². The summed E-state index contributed by atoms with van der Waals surface area (Å²) in [6.07, 6.45) is 2.84. The molecule has 1 aromatic heterocycles. The summed E-state index contributed by atoms with van der Waals surface area (Å²) in [7, 11) is 0. The second-order valence-electron chi connectivity index (χ2n) is 9.51. The van der Waals surface area contributed by atoms with Gasteiger partial charge in [0.25, 0.3) is 0 Å². The van der Waals surface area contributed by atoms with Crippen molar-refractivity contribution in [1.29, 1.82) is 0 Å². The van der Waals surface area contributed by atoms with Gasteiger partial charge in [0.1, 0.15) is 18.4 Å². The number of H-pyrrole nitrogens is 1. The molecule has 5 atom stereocenters. The molecule has 1 aliphatic rings. The lowest BCUT2D eigenvalue weighted by atomic mass is 9.95. The van der Waals surface area contributed by atoms with Crippen LogP contribution >= 0.6 is 0 Å². The highest BCUT2D eigenvalue weighted by atomic mass is 16.5. The van der Waals surface area contributed by atoms with Gasteiger partial charge in [0, 0.05) is 17.1 Å². The number of hydrogen-bond donors (Lipinski definition) is 4. The molecule has 186 valence electrons. The molecule has 36 heavy (non-hydrogen) atoms. The van der Waals surface area contributed by atoms with Gasteiger partial charge < -0.3 is 20.6 Å². The van der Waals surface area contributed by atoms with Crippen LogP contribution < -0.4 is 15.9 Å². The highest BCUT2D eigenvalue weighted by Crippen LogP contribution is 2.33. The molecule has 4 aromatic rings. The molecule has 5 N–H and O–H groups in total. The highest BCUT2D eigenvalue weighted by molar-refractivity contribution is 5.84. The number of carbonyl (C=O) groups is 1. The van der Waals surface area contributed by atoms with Gasteiger partial charge in [-0.05, 0) is 47.6 Å². The Balaban J connectivity index is 1.21. The van der Waals surface area contributed by atoms with E-state index in [4.69, 9.17) is 10.5 Å². The predicted octanol–water partition coefficient (Wildman–Crippen LogP) is 4.41. The largest absolute Gasteiger partial charge is 0.489 e. The lowest BCUT2D eigenvalue weighted by molar-refractivity contribution is -0.137. The van der Waals surface area contributed by atoms with E-state index in [2.05, 4.69) is 29.5 Å². The average Bonchev–Trinajstić information content (AvgIpc) is 3.40. The number of rotatable bonds is 11. The van der Waals surface area contributed by atoms with Gasteiger partial charge in [-0.1, -0.05) is 73.7 Å². The number of nitrogens with two attached hydrogens (primary N) is 1. The minimum absolute atomic E-state index is 0.120. The third-order valence-electron chi connectivity index (χ3n) is 6.90. The number of ether oxygens (including phenoxy) is 1. The predicted molar refractivity (Wildman–Crippen MR) is 140 cm³/mol. The minimum atomic E-state index is -0.841. The fraction of sp³-hybridized carbons (Fsp3) is 0.276. The second-order valence-corrected chi connectivity index (χ2v) is 9.51. The summed E-state index contributed by atoms with van der Waals surface area (Å²) >= 11 is 0. The molecule has 7 heteroatoms. The summed E-state index contributed by atoms with van der Waals surface area (Å²) in [5.74, 6) is 0.121. The summed E-state index contributed by atoms with van der Waals surface area (Å²) in [6, 6.07) is 25.4. The SMILES string of the molecule is CC(CC(N)NN1[C@H](Cc2c[nH]c3ccccc23)[C@@H]1C(=O)O)c1ccccc1OCc1ccccc1. The Morgan fingerprint density at radius 3 is 2.61 bits per heavy atom. The third-order valence-corrected chi connectivity index (χ3v) is 6.90. The van der Waals surface area contributed by atoms with Crippen molar-refractivity contribution in [3.8, 4) is 5.75 Å².